The SMILES string of the molecule is CCOc1cc(-n2ccnc2)c2c(n1)NC1(CCCCC1)N2. The number of aromatic nitrogens is 3. The van der Waals surface area contributed by atoms with Crippen LogP contribution in [-0.4, -0.2) is 26.8 Å². The number of imidazole rings is 1. The molecule has 2 aromatic rings. The van der Waals surface area contributed by atoms with Crippen LogP contribution >= 0.6 is 0 Å². The largest absolute Gasteiger partial charge is 0.478 e. The van der Waals surface area contributed by atoms with E-state index in [9.17, 15) is 0 Å². The van der Waals surface area contributed by atoms with Gasteiger partial charge in [0.25, 0.3) is 0 Å². The second-order valence-electron chi connectivity index (χ2n) is 6.00. The summed E-state index contributed by atoms with van der Waals surface area (Å²) in [5.41, 5.74) is 2.03. The fourth-order valence-corrected chi connectivity index (χ4v) is 3.45. The standard InChI is InChI=1S/C16H21N5O/c1-2-22-13-10-12(21-9-8-17-11-21)14-15(18-13)20-16(19-14)6-4-3-5-7-16/h8-11,19H,2-7H2,1H3,(H,18,20). The van der Waals surface area contributed by atoms with Gasteiger partial charge in [0, 0.05) is 18.5 Å². The molecule has 6 heteroatoms. The summed E-state index contributed by atoms with van der Waals surface area (Å²) in [5.74, 6) is 1.53. The number of rotatable bonds is 3. The highest BCUT2D eigenvalue weighted by molar-refractivity contribution is 5.81. The fourth-order valence-electron chi connectivity index (χ4n) is 3.45. The topological polar surface area (TPSA) is 64.0 Å². The van der Waals surface area contributed by atoms with Crippen LogP contribution in [-0.2, 0) is 0 Å². The summed E-state index contributed by atoms with van der Waals surface area (Å²) in [5, 5.41) is 7.31. The summed E-state index contributed by atoms with van der Waals surface area (Å²) in [4.78, 5) is 8.79. The number of nitrogens with one attached hydrogen (secondary N) is 2. The van der Waals surface area contributed by atoms with Crippen LogP contribution in [0.4, 0.5) is 11.5 Å². The number of ether oxygens (including phenoxy) is 1. The molecule has 2 aliphatic rings. The van der Waals surface area contributed by atoms with E-state index in [1.807, 2.05) is 23.8 Å². The van der Waals surface area contributed by atoms with Crippen LogP contribution in [0.3, 0.4) is 0 Å². The van der Waals surface area contributed by atoms with Gasteiger partial charge in [-0.2, -0.15) is 4.98 Å². The van der Waals surface area contributed by atoms with Crippen molar-refractivity contribution in [3.8, 4) is 11.6 Å². The molecule has 0 amide bonds. The Hall–Kier alpha value is -2.24. The maximum Gasteiger partial charge on any atom is 0.217 e. The van der Waals surface area contributed by atoms with Gasteiger partial charge in [-0.15, -0.1) is 0 Å². The van der Waals surface area contributed by atoms with Crippen LogP contribution in [0.2, 0.25) is 0 Å². The molecule has 2 aromatic heterocycles. The van der Waals surface area contributed by atoms with Gasteiger partial charge in [-0.3, -0.25) is 0 Å². The smallest absolute Gasteiger partial charge is 0.217 e. The Morgan fingerprint density at radius 1 is 1.27 bits per heavy atom. The molecule has 0 aromatic carbocycles. The highest BCUT2D eigenvalue weighted by Crippen LogP contribution is 2.44. The van der Waals surface area contributed by atoms with Crippen LogP contribution < -0.4 is 15.4 Å². The molecule has 3 heterocycles. The van der Waals surface area contributed by atoms with Gasteiger partial charge in [0.15, 0.2) is 5.82 Å². The van der Waals surface area contributed by atoms with Crippen LogP contribution in [0.15, 0.2) is 24.8 Å². The third kappa shape index (κ3) is 2.19. The Labute approximate surface area is 129 Å². The van der Waals surface area contributed by atoms with E-state index in [-0.39, 0.29) is 5.66 Å². The number of hydrogen-bond acceptors (Lipinski definition) is 5. The summed E-state index contributed by atoms with van der Waals surface area (Å²) in [7, 11) is 0. The molecular formula is C16H21N5O. The van der Waals surface area contributed by atoms with E-state index >= 15 is 0 Å². The summed E-state index contributed by atoms with van der Waals surface area (Å²) in [6.07, 6.45) is 11.6. The van der Waals surface area contributed by atoms with Crippen LogP contribution in [0.1, 0.15) is 39.0 Å². The highest BCUT2D eigenvalue weighted by Gasteiger charge is 2.39. The number of pyridine rings is 1. The Morgan fingerprint density at radius 2 is 2.14 bits per heavy atom. The highest BCUT2D eigenvalue weighted by atomic mass is 16.5. The normalized spacial score (nSPS) is 18.6. The third-order valence-corrected chi connectivity index (χ3v) is 4.48. The lowest BCUT2D eigenvalue weighted by atomic mass is 9.89. The Bertz CT molecular complexity index is 661. The molecule has 6 nitrogen and oxygen atoms in total. The summed E-state index contributed by atoms with van der Waals surface area (Å²) in [6.45, 7) is 2.58. The molecule has 0 atom stereocenters. The predicted molar refractivity (Wildman–Crippen MR) is 85.6 cm³/mol. The molecule has 1 spiro atoms. The second-order valence-corrected chi connectivity index (χ2v) is 6.00. The van der Waals surface area contributed by atoms with Crippen LogP contribution in [0.5, 0.6) is 5.88 Å². The first-order chi connectivity index (χ1) is 10.8. The van der Waals surface area contributed by atoms with Crippen molar-refractivity contribution < 1.29 is 4.74 Å². The molecular weight excluding hydrogens is 278 g/mol. The van der Waals surface area contributed by atoms with Crippen molar-refractivity contribution in [2.75, 3.05) is 17.2 Å². The lowest BCUT2D eigenvalue weighted by molar-refractivity contribution is 0.327. The van der Waals surface area contributed by atoms with Crippen molar-refractivity contribution in [2.24, 2.45) is 0 Å². The van der Waals surface area contributed by atoms with Crippen LogP contribution in [0.25, 0.3) is 5.69 Å². The van der Waals surface area contributed by atoms with Gasteiger partial charge >= 0.3 is 0 Å². The lowest BCUT2D eigenvalue weighted by Crippen LogP contribution is -2.43. The zero-order chi connectivity index (χ0) is 15.0. The maximum absolute atomic E-state index is 5.63. The first-order valence-corrected chi connectivity index (χ1v) is 8.02. The predicted octanol–water partition coefficient (Wildman–Crippen LogP) is 3.16. The van der Waals surface area contributed by atoms with Gasteiger partial charge in [-0.05, 0) is 32.6 Å². The van der Waals surface area contributed by atoms with E-state index in [1.165, 1.54) is 19.3 Å². The molecule has 2 N–H and O–H groups in total. The minimum absolute atomic E-state index is 0.0479. The molecule has 1 saturated carbocycles. The van der Waals surface area contributed by atoms with E-state index < -0.39 is 0 Å². The molecule has 0 radical (unpaired) electrons. The quantitative estimate of drug-likeness (QED) is 0.911. The fraction of sp³-hybridized carbons (Fsp3) is 0.500. The van der Waals surface area contributed by atoms with Crippen molar-refractivity contribution in [1.82, 2.24) is 14.5 Å². The minimum Gasteiger partial charge on any atom is -0.478 e. The summed E-state index contributed by atoms with van der Waals surface area (Å²) in [6, 6.07) is 1.97. The summed E-state index contributed by atoms with van der Waals surface area (Å²) < 4.78 is 7.63. The monoisotopic (exact) mass is 299 g/mol. The van der Waals surface area contributed by atoms with E-state index in [0.29, 0.717) is 12.5 Å². The average molecular weight is 299 g/mol. The van der Waals surface area contributed by atoms with Crippen molar-refractivity contribution in [3.63, 3.8) is 0 Å². The molecule has 116 valence electrons. The van der Waals surface area contributed by atoms with Crippen LogP contribution in [0, 0.1) is 0 Å². The number of fused-ring (bicyclic) bond motifs is 1. The molecule has 0 bridgehead atoms. The third-order valence-electron chi connectivity index (χ3n) is 4.48. The molecule has 22 heavy (non-hydrogen) atoms. The Kier molecular flexibility index (Phi) is 3.17. The van der Waals surface area contributed by atoms with Gasteiger partial charge in [0.2, 0.25) is 5.88 Å². The first kappa shape index (κ1) is 13.4. The minimum atomic E-state index is -0.0479. The Balaban J connectivity index is 1.77. The first-order valence-electron chi connectivity index (χ1n) is 8.02. The van der Waals surface area contributed by atoms with Crippen molar-refractivity contribution in [2.45, 2.75) is 44.7 Å². The molecule has 0 saturated heterocycles. The number of nitrogens with zero attached hydrogens (tertiary/aromatic N) is 3. The zero-order valence-electron chi connectivity index (χ0n) is 12.8. The van der Waals surface area contributed by atoms with Crippen molar-refractivity contribution in [1.29, 1.82) is 0 Å². The maximum atomic E-state index is 5.63. The van der Waals surface area contributed by atoms with Crippen molar-refractivity contribution >= 4 is 11.5 Å². The zero-order valence-corrected chi connectivity index (χ0v) is 12.8. The molecule has 4 rings (SSSR count). The van der Waals surface area contributed by atoms with Gasteiger partial charge in [-0.25, -0.2) is 4.98 Å². The van der Waals surface area contributed by atoms with Gasteiger partial charge in [0.05, 0.1) is 18.6 Å². The van der Waals surface area contributed by atoms with E-state index in [0.717, 1.165) is 30.0 Å². The Morgan fingerprint density at radius 3 is 2.86 bits per heavy atom. The lowest BCUT2D eigenvalue weighted by Gasteiger charge is -2.34. The molecule has 1 aliphatic heterocycles. The van der Waals surface area contributed by atoms with E-state index in [4.69, 9.17) is 4.74 Å². The summed E-state index contributed by atoms with van der Waals surface area (Å²) >= 11 is 0. The molecule has 1 fully saturated rings. The van der Waals surface area contributed by atoms with Gasteiger partial charge in [-0.1, -0.05) is 6.42 Å². The number of anilines is 2. The van der Waals surface area contributed by atoms with E-state index in [2.05, 4.69) is 20.6 Å². The van der Waals surface area contributed by atoms with Gasteiger partial charge < -0.3 is 19.9 Å². The number of hydrogen-bond donors (Lipinski definition) is 2. The second kappa shape index (κ2) is 5.19. The molecule has 0 unspecified atom stereocenters. The van der Waals surface area contributed by atoms with E-state index in [1.54, 1.807) is 12.5 Å². The average Bonchev–Trinajstić information content (AvgIpc) is 3.15. The van der Waals surface area contributed by atoms with Gasteiger partial charge in [0.1, 0.15) is 11.4 Å². The molecule has 1 aliphatic carbocycles. The van der Waals surface area contributed by atoms with Crippen molar-refractivity contribution in [3.05, 3.63) is 24.8 Å².